The Morgan fingerprint density at radius 1 is 1.07 bits per heavy atom. The second-order valence-corrected chi connectivity index (χ2v) is 7.99. The molecule has 27 heavy (non-hydrogen) atoms. The van der Waals surface area contributed by atoms with Crippen molar-refractivity contribution in [3.8, 4) is 0 Å². The summed E-state index contributed by atoms with van der Waals surface area (Å²) < 4.78 is 5.55. The second-order valence-electron chi connectivity index (χ2n) is 7.99. The van der Waals surface area contributed by atoms with Gasteiger partial charge in [0, 0.05) is 31.9 Å². The number of fused-ring (bicyclic) bond motifs is 1. The van der Waals surface area contributed by atoms with Crippen LogP contribution in [0.15, 0.2) is 18.2 Å². The number of carbonyl (C=O) groups excluding carboxylic acids is 2. The highest BCUT2D eigenvalue weighted by Crippen LogP contribution is 2.26. The molecule has 2 aliphatic heterocycles. The summed E-state index contributed by atoms with van der Waals surface area (Å²) in [4.78, 5) is 25.2. The molecule has 0 saturated carbocycles. The van der Waals surface area contributed by atoms with Crippen molar-refractivity contribution in [3.63, 3.8) is 0 Å². The average Bonchev–Trinajstić information content (AvgIpc) is 3.37. The van der Waals surface area contributed by atoms with Crippen molar-refractivity contribution in [1.29, 1.82) is 0 Å². The van der Waals surface area contributed by atoms with E-state index in [0.29, 0.717) is 26.1 Å². The van der Waals surface area contributed by atoms with Crippen molar-refractivity contribution in [2.75, 3.05) is 31.6 Å². The highest BCUT2D eigenvalue weighted by atomic mass is 16.5. The van der Waals surface area contributed by atoms with E-state index in [1.165, 1.54) is 17.5 Å². The number of amides is 2. The first-order valence-corrected chi connectivity index (χ1v) is 10.2. The van der Waals surface area contributed by atoms with Crippen LogP contribution in [0, 0.1) is 11.8 Å². The molecule has 0 radical (unpaired) electrons. The molecule has 0 aromatic heterocycles. The van der Waals surface area contributed by atoms with Crippen LogP contribution in [-0.4, -0.2) is 44.2 Å². The van der Waals surface area contributed by atoms with Gasteiger partial charge in [0.05, 0.1) is 17.9 Å². The molecule has 3 N–H and O–H groups in total. The normalized spacial score (nSPS) is 27.2. The smallest absolute Gasteiger partial charge is 0.228 e. The van der Waals surface area contributed by atoms with E-state index in [0.717, 1.165) is 38.0 Å². The predicted molar refractivity (Wildman–Crippen MR) is 104 cm³/mol. The van der Waals surface area contributed by atoms with Gasteiger partial charge in [0.1, 0.15) is 0 Å². The third-order valence-corrected chi connectivity index (χ3v) is 5.99. The SMILES string of the molecule is O=C(NC[C@@H]1CCCO1)[C@@H]1CNC[C@H](C(=O)Nc2ccc3c(c2)CCC3)C1. The van der Waals surface area contributed by atoms with Gasteiger partial charge in [-0.2, -0.15) is 0 Å². The molecule has 1 aromatic carbocycles. The topological polar surface area (TPSA) is 79.5 Å². The Hall–Kier alpha value is -1.92. The van der Waals surface area contributed by atoms with E-state index in [1.54, 1.807) is 0 Å². The van der Waals surface area contributed by atoms with Crippen LogP contribution in [0.5, 0.6) is 0 Å². The van der Waals surface area contributed by atoms with Crippen LogP contribution in [0.1, 0.15) is 36.8 Å². The number of ether oxygens (including phenoxy) is 1. The lowest BCUT2D eigenvalue weighted by molar-refractivity contribution is -0.128. The summed E-state index contributed by atoms with van der Waals surface area (Å²) >= 11 is 0. The van der Waals surface area contributed by atoms with Crippen molar-refractivity contribution < 1.29 is 14.3 Å². The molecule has 146 valence electrons. The molecule has 6 heteroatoms. The maximum absolute atomic E-state index is 12.7. The monoisotopic (exact) mass is 371 g/mol. The zero-order valence-corrected chi connectivity index (χ0v) is 15.8. The zero-order chi connectivity index (χ0) is 18.6. The third kappa shape index (κ3) is 4.50. The quantitative estimate of drug-likeness (QED) is 0.735. The Balaban J connectivity index is 1.29. The van der Waals surface area contributed by atoms with E-state index >= 15 is 0 Å². The zero-order valence-electron chi connectivity index (χ0n) is 15.8. The molecule has 1 aliphatic carbocycles. The average molecular weight is 371 g/mol. The molecule has 1 aromatic rings. The molecule has 6 nitrogen and oxygen atoms in total. The third-order valence-electron chi connectivity index (χ3n) is 5.99. The molecule has 3 aliphatic rings. The van der Waals surface area contributed by atoms with Gasteiger partial charge in [-0.1, -0.05) is 6.07 Å². The van der Waals surface area contributed by atoms with E-state index < -0.39 is 0 Å². The summed E-state index contributed by atoms with van der Waals surface area (Å²) in [5, 5.41) is 9.29. The van der Waals surface area contributed by atoms with Crippen molar-refractivity contribution in [1.82, 2.24) is 10.6 Å². The summed E-state index contributed by atoms with van der Waals surface area (Å²) in [6, 6.07) is 6.21. The summed E-state index contributed by atoms with van der Waals surface area (Å²) in [5.41, 5.74) is 3.61. The van der Waals surface area contributed by atoms with Crippen molar-refractivity contribution in [2.24, 2.45) is 11.8 Å². The Morgan fingerprint density at radius 3 is 2.70 bits per heavy atom. The van der Waals surface area contributed by atoms with Gasteiger partial charge in [-0.25, -0.2) is 0 Å². The molecule has 3 atom stereocenters. The van der Waals surface area contributed by atoms with Gasteiger partial charge in [0.15, 0.2) is 0 Å². The lowest BCUT2D eigenvalue weighted by atomic mass is 9.89. The Kier molecular flexibility index (Phi) is 5.74. The molecular formula is C21H29N3O3. The molecule has 0 spiro atoms. The van der Waals surface area contributed by atoms with Gasteiger partial charge < -0.3 is 20.7 Å². The number of aryl methyl sites for hydroxylation is 2. The Labute approximate surface area is 160 Å². The Bertz CT molecular complexity index is 700. The highest BCUT2D eigenvalue weighted by molar-refractivity contribution is 5.93. The van der Waals surface area contributed by atoms with E-state index in [1.807, 2.05) is 6.07 Å². The fourth-order valence-corrected chi connectivity index (χ4v) is 4.40. The lowest BCUT2D eigenvalue weighted by Gasteiger charge is -2.29. The van der Waals surface area contributed by atoms with Crippen LogP contribution in [0.2, 0.25) is 0 Å². The first kappa shape index (κ1) is 18.4. The van der Waals surface area contributed by atoms with Crippen LogP contribution in [0.25, 0.3) is 0 Å². The number of piperidine rings is 1. The number of hydrogen-bond donors (Lipinski definition) is 3. The fraction of sp³-hybridized carbons (Fsp3) is 0.619. The van der Waals surface area contributed by atoms with Crippen molar-refractivity contribution >= 4 is 17.5 Å². The van der Waals surface area contributed by atoms with Crippen molar-refractivity contribution in [2.45, 2.75) is 44.6 Å². The largest absolute Gasteiger partial charge is 0.376 e. The van der Waals surface area contributed by atoms with Gasteiger partial charge in [-0.05, 0) is 61.8 Å². The number of anilines is 1. The maximum atomic E-state index is 12.7. The summed E-state index contributed by atoms with van der Waals surface area (Å²) in [6.45, 7) is 2.60. The molecule has 4 rings (SSSR count). The number of carbonyl (C=O) groups is 2. The molecule has 2 heterocycles. The second kappa shape index (κ2) is 8.40. The van der Waals surface area contributed by atoms with Gasteiger partial charge in [-0.15, -0.1) is 0 Å². The fourth-order valence-electron chi connectivity index (χ4n) is 4.40. The molecular weight excluding hydrogens is 342 g/mol. The number of hydrogen-bond acceptors (Lipinski definition) is 4. The summed E-state index contributed by atoms with van der Waals surface area (Å²) in [6.07, 6.45) is 6.23. The minimum atomic E-state index is -0.189. The van der Waals surface area contributed by atoms with Crippen LogP contribution in [0.3, 0.4) is 0 Å². The van der Waals surface area contributed by atoms with E-state index in [-0.39, 0.29) is 29.8 Å². The number of benzene rings is 1. The van der Waals surface area contributed by atoms with Gasteiger partial charge in [0.2, 0.25) is 11.8 Å². The summed E-state index contributed by atoms with van der Waals surface area (Å²) in [5.74, 6) is -0.341. The van der Waals surface area contributed by atoms with E-state index in [2.05, 4.69) is 28.1 Å². The van der Waals surface area contributed by atoms with Crippen LogP contribution in [-0.2, 0) is 27.2 Å². The molecule has 0 bridgehead atoms. The van der Waals surface area contributed by atoms with Gasteiger partial charge in [-0.3, -0.25) is 9.59 Å². The van der Waals surface area contributed by atoms with E-state index in [9.17, 15) is 9.59 Å². The minimum absolute atomic E-state index is 0.00271. The molecule has 2 fully saturated rings. The van der Waals surface area contributed by atoms with Gasteiger partial charge in [0.25, 0.3) is 0 Å². The lowest BCUT2D eigenvalue weighted by Crippen LogP contribution is -2.48. The molecule has 0 unspecified atom stereocenters. The van der Waals surface area contributed by atoms with E-state index in [4.69, 9.17) is 4.74 Å². The molecule has 2 amide bonds. The standard InChI is InChI=1S/C21H29N3O3/c25-20(23-13-19-5-2-8-27-19)16-9-17(12-22-11-16)21(26)24-18-7-6-14-3-1-4-15(14)10-18/h6-7,10,16-17,19,22H,1-5,8-9,11-13H2,(H,23,25)(H,24,26)/t16-,17+,19-/m0/s1. The van der Waals surface area contributed by atoms with Crippen LogP contribution >= 0.6 is 0 Å². The first-order valence-electron chi connectivity index (χ1n) is 10.2. The highest BCUT2D eigenvalue weighted by Gasteiger charge is 2.31. The molecule has 2 saturated heterocycles. The van der Waals surface area contributed by atoms with Crippen LogP contribution in [0.4, 0.5) is 5.69 Å². The van der Waals surface area contributed by atoms with Crippen LogP contribution < -0.4 is 16.0 Å². The van der Waals surface area contributed by atoms with Crippen molar-refractivity contribution in [3.05, 3.63) is 29.3 Å². The predicted octanol–water partition coefficient (Wildman–Crippen LogP) is 1.63. The first-order chi connectivity index (χ1) is 13.2. The minimum Gasteiger partial charge on any atom is -0.376 e. The Morgan fingerprint density at radius 2 is 1.89 bits per heavy atom. The summed E-state index contributed by atoms with van der Waals surface area (Å²) in [7, 11) is 0. The number of nitrogens with one attached hydrogen (secondary N) is 3. The maximum Gasteiger partial charge on any atom is 0.228 e. The van der Waals surface area contributed by atoms with Gasteiger partial charge >= 0.3 is 0 Å². The number of rotatable bonds is 5.